The number of carboxylic acids is 1. The molecule has 1 aliphatic rings. The Morgan fingerprint density at radius 1 is 1.15 bits per heavy atom. The van der Waals surface area contributed by atoms with Crippen molar-refractivity contribution in [3.05, 3.63) is 35.9 Å². The summed E-state index contributed by atoms with van der Waals surface area (Å²) in [6, 6.07) is 9.31. The molecule has 1 unspecified atom stereocenters. The summed E-state index contributed by atoms with van der Waals surface area (Å²) in [7, 11) is 0. The summed E-state index contributed by atoms with van der Waals surface area (Å²) in [6.45, 7) is 4.88. The molecule has 0 aliphatic carbocycles. The monoisotopic (exact) mass is 276 g/mol. The van der Waals surface area contributed by atoms with Gasteiger partial charge in [-0.3, -0.25) is 14.5 Å². The molecule has 5 heteroatoms. The molecule has 1 aliphatic heterocycles. The smallest absolute Gasteiger partial charge is 0.312 e. The molecule has 1 saturated heterocycles. The van der Waals surface area contributed by atoms with Crippen molar-refractivity contribution in [2.24, 2.45) is 0 Å². The van der Waals surface area contributed by atoms with Crippen LogP contribution >= 0.6 is 0 Å². The molecule has 0 spiro atoms. The molecule has 1 amide bonds. The molecule has 1 aromatic carbocycles. The highest BCUT2D eigenvalue weighted by Gasteiger charge is 2.25. The van der Waals surface area contributed by atoms with Crippen LogP contribution in [-0.2, 0) is 9.59 Å². The minimum absolute atomic E-state index is 0.0856. The number of piperazine rings is 1. The van der Waals surface area contributed by atoms with Gasteiger partial charge >= 0.3 is 5.97 Å². The molecule has 0 saturated carbocycles. The van der Waals surface area contributed by atoms with Gasteiger partial charge in [0.15, 0.2) is 0 Å². The summed E-state index contributed by atoms with van der Waals surface area (Å²) >= 11 is 0. The molecule has 5 nitrogen and oxygen atoms in total. The van der Waals surface area contributed by atoms with Gasteiger partial charge < -0.3 is 10.0 Å². The Hall–Kier alpha value is -1.88. The third-order valence-corrected chi connectivity index (χ3v) is 3.76. The average Bonchev–Trinajstić information content (AvgIpc) is 2.46. The molecule has 2 rings (SSSR count). The fraction of sp³-hybridized carbons (Fsp3) is 0.467. The fourth-order valence-corrected chi connectivity index (χ4v) is 2.51. The van der Waals surface area contributed by atoms with E-state index in [4.69, 9.17) is 0 Å². The van der Waals surface area contributed by atoms with Gasteiger partial charge in [-0.25, -0.2) is 0 Å². The molecule has 1 aromatic rings. The Bertz CT molecular complexity index is 467. The Labute approximate surface area is 118 Å². The number of rotatable bonds is 4. The van der Waals surface area contributed by atoms with Gasteiger partial charge in [-0.1, -0.05) is 30.3 Å². The molecule has 1 N–H and O–H groups in total. The Morgan fingerprint density at radius 2 is 1.75 bits per heavy atom. The van der Waals surface area contributed by atoms with E-state index in [9.17, 15) is 14.7 Å². The van der Waals surface area contributed by atoms with Crippen molar-refractivity contribution in [3.8, 4) is 0 Å². The SMILES string of the molecule is CC(=O)N1CCN(CC(C(=O)O)c2ccccc2)CC1. The van der Waals surface area contributed by atoms with Crippen molar-refractivity contribution < 1.29 is 14.7 Å². The Morgan fingerprint density at radius 3 is 2.25 bits per heavy atom. The minimum Gasteiger partial charge on any atom is -0.481 e. The van der Waals surface area contributed by atoms with E-state index < -0.39 is 11.9 Å². The predicted octanol–water partition coefficient (Wildman–Crippen LogP) is 1.02. The first-order valence-corrected chi connectivity index (χ1v) is 6.83. The first-order chi connectivity index (χ1) is 9.58. The molecule has 1 atom stereocenters. The molecule has 0 radical (unpaired) electrons. The zero-order valence-corrected chi connectivity index (χ0v) is 11.7. The number of aliphatic carboxylic acids is 1. The van der Waals surface area contributed by atoms with Gasteiger partial charge in [-0.05, 0) is 5.56 Å². The number of carbonyl (C=O) groups excluding carboxylic acids is 1. The van der Waals surface area contributed by atoms with E-state index >= 15 is 0 Å². The van der Waals surface area contributed by atoms with E-state index in [1.54, 1.807) is 11.8 Å². The van der Waals surface area contributed by atoms with Gasteiger partial charge in [0, 0.05) is 39.6 Å². The van der Waals surface area contributed by atoms with Gasteiger partial charge in [0.05, 0.1) is 5.92 Å². The highest BCUT2D eigenvalue weighted by molar-refractivity contribution is 5.76. The third-order valence-electron chi connectivity index (χ3n) is 3.76. The maximum Gasteiger partial charge on any atom is 0.312 e. The van der Waals surface area contributed by atoms with Gasteiger partial charge in [-0.2, -0.15) is 0 Å². The van der Waals surface area contributed by atoms with Crippen molar-refractivity contribution in [2.45, 2.75) is 12.8 Å². The lowest BCUT2D eigenvalue weighted by Gasteiger charge is -2.35. The number of nitrogens with zero attached hydrogens (tertiary/aromatic N) is 2. The first kappa shape index (κ1) is 14.5. The van der Waals surface area contributed by atoms with Crippen LogP contribution in [0.4, 0.5) is 0 Å². The summed E-state index contributed by atoms with van der Waals surface area (Å²) in [5.74, 6) is -1.23. The lowest BCUT2D eigenvalue weighted by Crippen LogP contribution is -2.49. The lowest BCUT2D eigenvalue weighted by atomic mass is 9.98. The standard InChI is InChI=1S/C15H20N2O3/c1-12(18)17-9-7-16(8-10-17)11-14(15(19)20)13-5-3-2-4-6-13/h2-6,14H,7-11H2,1H3,(H,19,20). The zero-order chi connectivity index (χ0) is 14.5. The number of amides is 1. The topological polar surface area (TPSA) is 60.9 Å². The van der Waals surface area contributed by atoms with Crippen LogP contribution in [0.25, 0.3) is 0 Å². The quantitative estimate of drug-likeness (QED) is 0.892. The minimum atomic E-state index is -0.801. The van der Waals surface area contributed by atoms with Crippen molar-refractivity contribution >= 4 is 11.9 Å². The molecule has 1 heterocycles. The molecule has 108 valence electrons. The second-order valence-electron chi connectivity index (χ2n) is 5.11. The van der Waals surface area contributed by atoms with E-state index in [-0.39, 0.29) is 5.91 Å². The van der Waals surface area contributed by atoms with Crippen LogP contribution in [-0.4, -0.2) is 59.5 Å². The molecule has 0 bridgehead atoms. The van der Waals surface area contributed by atoms with Crippen LogP contribution in [0.3, 0.4) is 0 Å². The Kier molecular flexibility index (Phi) is 4.74. The largest absolute Gasteiger partial charge is 0.481 e. The van der Waals surface area contributed by atoms with Gasteiger partial charge in [0.1, 0.15) is 0 Å². The van der Waals surface area contributed by atoms with Gasteiger partial charge in [0.25, 0.3) is 0 Å². The summed E-state index contributed by atoms with van der Waals surface area (Å²) in [5, 5.41) is 9.41. The molecular weight excluding hydrogens is 256 g/mol. The normalized spacial score (nSPS) is 17.8. The predicted molar refractivity (Wildman–Crippen MR) is 75.5 cm³/mol. The summed E-state index contributed by atoms with van der Waals surface area (Å²) in [5.41, 5.74) is 0.828. The van der Waals surface area contributed by atoms with Crippen LogP contribution in [0.15, 0.2) is 30.3 Å². The summed E-state index contributed by atoms with van der Waals surface area (Å²) in [4.78, 5) is 26.6. The zero-order valence-electron chi connectivity index (χ0n) is 11.7. The van der Waals surface area contributed by atoms with E-state index in [1.807, 2.05) is 30.3 Å². The summed E-state index contributed by atoms with van der Waals surface area (Å²) < 4.78 is 0. The van der Waals surface area contributed by atoms with Crippen LogP contribution < -0.4 is 0 Å². The molecule has 20 heavy (non-hydrogen) atoms. The molecule has 0 aromatic heterocycles. The maximum absolute atomic E-state index is 11.5. The first-order valence-electron chi connectivity index (χ1n) is 6.83. The highest BCUT2D eigenvalue weighted by atomic mass is 16.4. The van der Waals surface area contributed by atoms with E-state index in [1.165, 1.54) is 0 Å². The Balaban J connectivity index is 1.97. The summed E-state index contributed by atoms with van der Waals surface area (Å²) in [6.07, 6.45) is 0. The highest BCUT2D eigenvalue weighted by Crippen LogP contribution is 2.18. The fourth-order valence-electron chi connectivity index (χ4n) is 2.51. The van der Waals surface area contributed by atoms with Crippen molar-refractivity contribution in [1.29, 1.82) is 0 Å². The van der Waals surface area contributed by atoms with E-state index in [0.717, 1.165) is 18.7 Å². The van der Waals surface area contributed by atoms with E-state index in [0.29, 0.717) is 19.6 Å². The molecule has 1 fully saturated rings. The van der Waals surface area contributed by atoms with Crippen LogP contribution in [0.2, 0.25) is 0 Å². The number of carbonyl (C=O) groups is 2. The van der Waals surface area contributed by atoms with Crippen molar-refractivity contribution in [2.75, 3.05) is 32.7 Å². The second-order valence-corrected chi connectivity index (χ2v) is 5.11. The second kappa shape index (κ2) is 6.52. The van der Waals surface area contributed by atoms with Crippen molar-refractivity contribution in [3.63, 3.8) is 0 Å². The van der Waals surface area contributed by atoms with Crippen LogP contribution in [0.5, 0.6) is 0 Å². The lowest BCUT2D eigenvalue weighted by molar-refractivity contribution is -0.140. The third kappa shape index (κ3) is 3.57. The number of hydrogen-bond acceptors (Lipinski definition) is 3. The number of benzene rings is 1. The van der Waals surface area contributed by atoms with Crippen molar-refractivity contribution in [1.82, 2.24) is 9.80 Å². The van der Waals surface area contributed by atoms with Gasteiger partial charge in [-0.15, -0.1) is 0 Å². The number of hydrogen-bond donors (Lipinski definition) is 1. The molecular formula is C15H20N2O3. The van der Waals surface area contributed by atoms with Crippen LogP contribution in [0, 0.1) is 0 Å². The number of carboxylic acid groups (broad SMARTS) is 1. The van der Waals surface area contributed by atoms with E-state index in [2.05, 4.69) is 4.90 Å². The van der Waals surface area contributed by atoms with Gasteiger partial charge in [0.2, 0.25) is 5.91 Å². The van der Waals surface area contributed by atoms with Crippen LogP contribution in [0.1, 0.15) is 18.4 Å². The maximum atomic E-state index is 11.5. The average molecular weight is 276 g/mol.